The van der Waals surface area contributed by atoms with Crippen LogP contribution < -0.4 is 19.5 Å². The molecule has 176 valence electrons. The van der Waals surface area contributed by atoms with Gasteiger partial charge in [-0.3, -0.25) is 4.79 Å². The Labute approximate surface area is 193 Å². The molecule has 0 aliphatic carbocycles. The highest BCUT2D eigenvalue weighted by Crippen LogP contribution is 2.29. The first kappa shape index (κ1) is 24.1. The summed E-state index contributed by atoms with van der Waals surface area (Å²) >= 11 is 0. The lowest BCUT2D eigenvalue weighted by atomic mass is 9.96. The van der Waals surface area contributed by atoms with Crippen LogP contribution in [0.3, 0.4) is 0 Å². The molecule has 8 heteroatoms. The van der Waals surface area contributed by atoms with Gasteiger partial charge in [-0.05, 0) is 42.0 Å². The Bertz CT molecular complexity index is 989. The van der Waals surface area contributed by atoms with Crippen molar-refractivity contribution in [2.24, 2.45) is 4.99 Å². The molecule has 0 fully saturated rings. The van der Waals surface area contributed by atoms with Crippen LogP contribution in [0.25, 0.3) is 0 Å². The van der Waals surface area contributed by atoms with Crippen LogP contribution in [0.15, 0.2) is 60.1 Å². The molecule has 8 nitrogen and oxygen atoms in total. The fraction of sp³-hybridized carbons (Fsp3) is 0.360. The van der Waals surface area contributed by atoms with Gasteiger partial charge in [-0.1, -0.05) is 12.1 Å². The maximum atomic E-state index is 13.1. The summed E-state index contributed by atoms with van der Waals surface area (Å²) in [6.07, 6.45) is 2.58. The summed E-state index contributed by atoms with van der Waals surface area (Å²) in [5.74, 6) is 2.07. The van der Waals surface area contributed by atoms with Crippen molar-refractivity contribution in [3.63, 3.8) is 0 Å². The van der Waals surface area contributed by atoms with E-state index in [4.69, 9.17) is 24.1 Å². The van der Waals surface area contributed by atoms with Crippen LogP contribution in [0.1, 0.15) is 24.0 Å². The zero-order valence-corrected chi connectivity index (χ0v) is 19.0. The third-order valence-electron chi connectivity index (χ3n) is 5.24. The van der Waals surface area contributed by atoms with Gasteiger partial charge in [0.2, 0.25) is 5.90 Å². The second-order valence-electron chi connectivity index (χ2n) is 7.55. The Morgan fingerprint density at radius 2 is 1.97 bits per heavy atom. The van der Waals surface area contributed by atoms with E-state index < -0.39 is 5.54 Å². The first-order chi connectivity index (χ1) is 16.0. The van der Waals surface area contributed by atoms with Crippen LogP contribution in [0.4, 0.5) is 0 Å². The number of aliphatic imine (C=N–C) groups is 1. The number of nitrogens with zero attached hydrogens (tertiary/aromatic N) is 1. The minimum absolute atomic E-state index is 0.0855. The third-order valence-corrected chi connectivity index (χ3v) is 5.24. The molecule has 2 aromatic rings. The van der Waals surface area contributed by atoms with E-state index in [0.717, 1.165) is 11.1 Å². The third kappa shape index (κ3) is 5.84. The van der Waals surface area contributed by atoms with Crippen molar-refractivity contribution in [2.75, 3.05) is 34.0 Å². The summed E-state index contributed by atoms with van der Waals surface area (Å²) in [7, 11) is 3.14. The summed E-state index contributed by atoms with van der Waals surface area (Å²) in [6, 6.07) is 12.8. The lowest BCUT2D eigenvalue weighted by Gasteiger charge is -2.21. The second kappa shape index (κ2) is 11.4. The van der Waals surface area contributed by atoms with E-state index >= 15 is 0 Å². The molecule has 0 unspecified atom stereocenters. The van der Waals surface area contributed by atoms with Gasteiger partial charge >= 0.3 is 0 Å². The van der Waals surface area contributed by atoms with Crippen molar-refractivity contribution in [1.29, 1.82) is 0 Å². The van der Waals surface area contributed by atoms with Crippen LogP contribution in [0, 0.1) is 0 Å². The van der Waals surface area contributed by atoms with Crippen molar-refractivity contribution in [2.45, 2.75) is 24.9 Å². The molecule has 0 bridgehead atoms. The van der Waals surface area contributed by atoms with Gasteiger partial charge in [0.15, 0.2) is 17.0 Å². The molecule has 0 spiro atoms. The fourth-order valence-electron chi connectivity index (χ4n) is 3.43. The first-order valence-corrected chi connectivity index (χ1v) is 10.7. The van der Waals surface area contributed by atoms with Gasteiger partial charge in [0.1, 0.15) is 12.4 Å². The standard InChI is InChI=1S/C25H30N2O6/c1-4-12-25(24(29)26-16-18-6-11-21(30-2)22(15-18)31-3)17-33-23(27-25)19-7-9-20(10-8-19)32-14-5-13-28/h4,6-11,15,28H,1,5,12-14,16-17H2,2-3H3,(H,26,29)/t25-/m1/s1. The van der Waals surface area contributed by atoms with Crippen LogP contribution in [-0.4, -0.2) is 56.5 Å². The summed E-state index contributed by atoms with van der Waals surface area (Å²) < 4.78 is 22.0. The number of carbonyl (C=O) groups is 1. The smallest absolute Gasteiger partial charge is 0.252 e. The molecule has 1 heterocycles. The van der Waals surface area contributed by atoms with Crippen molar-refractivity contribution in [3.05, 3.63) is 66.2 Å². The highest BCUT2D eigenvalue weighted by molar-refractivity contribution is 6.00. The summed E-state index contributed by atoms with van der Waals surface area (Å²) in [4.78, 5) is 17.8. The van der Waals surface area contributed by atoms with E-state index in [0.29, 0.717) is 49.1 Å². The zero-order valence-electron chi connectivity index (χ0n) is 19.0. The monoisotopic (exact) mass is 454 g/mol. The molecule has 2 aromatic carbocycles. The van der Waals surface area contributed by atoms with Crippen molar-refractivity contribution in [3.8, 4) is 17.2 Å². The Morgan fingerprint density at radius 3 is 2.64 bits per heavy atom. The largest absolute Gasteiger partial charge is 0.494 e. The fourth-order valence-corrected chi connectivity index (χ4v) is 3.43. The molecule has 3 rings (SSSR count). The average molecular weight is 455 g/mol. The van der Waals surface area contributed by atoms with Crippen LogP contribution in [-0.2, 0) is 16.1 Å². The average Bonchev–Trinajstić information content (AvgIpc) is 3.28. The Morgan fingerprint density at radius 1 is 1.21 bits per heavy atom. The molecule has 0 saturated carbocycles. The highest BCUT2D eigenvalue weighted by Gasteiger charge is 2.43. The van der Waals surface area contributed by atoms with Gasteiger partial charge in [-0.2, -0.15) is 0 Å². The zero-order chi connectivity index (χ0) is 23.7. The van der Waals surface area contributed by atoms with Gasteiger partial charge in [0.25, 0.3) is 5.91 Å². The predicted octanol–water partition coefficient (Wildman–Crippen LogP) is 2.87. The minimum Gasteiger partial charge on any atom is -0.494 e. The van der Waals surface area contributed by atoms with E-state index in [2.05, 4.69) is 16.9 Å². The molecule has 0 saturated heterocycles. The van der Waals surface area contributed by atoms with E-state index in [1.807, 2.05) is 36.4 Å². The molecule has 33 heavy (non-hydrogen) atoms. The number of ether oxygens (including phenoxy) is 4. The van der Waals surface area contributed by atoms with E-state index in [1.54, 1.807) is 26.4 Å². The number of nitrogens with one attached hydrogen (secondary N) is 1. The predicted molar refractivity (Wildman–Crippen MR) is 125 cm³/mol. The Balaban J connectivity index is 1.70. The number of aliphatic hydroxyl groups excluding tert-OH is 1. The van der Waals surface area contributed by atoms with E-state index in [9.17, 15) is 4.79 Å². The SMILES string of the molecule is C=CC[C@]1(C(=O)NCc2ccc(OC)c(OC)c2)COC(c2ccc(OCCCO)cc2)=N1. The lowest BCUT2D eigenvalue weighted by Crippen LogP contribution is -2.46. The number of rotatable bonds is 12. The number of hydrogen-bond acceptors (Lipinski definition) is 7. The topological polar surface area (TPSA) is 98.6 Å². The maximum Gasteiger partial charge on any atom is 0.252 e. The Kier molecular flexibility index (Phi) is 8.32. The van der Waals surface area contributed by atoms with Gasteiger partial charge in [0.05, 0.1) is 20.8 Å². The molecule has 0 aromatic heterocycles. The number of methoxy groups -OCH3 is 2. The minimum atomic E-state index is -1.08. The summed E-state index contributed by atoms with van der Waals surface area (Å²) in [6.45, 7) is 4.75. The molecule has 2 N–H and O–H groups in total. The lowest BCUT2D eigenvalue weighted by molar-refractivity contribution is -0.126. The number of benzene rings is 2. The van der Waals surface area contributed by atoms with Gasteiger partial charge in [-0.15, -0.1) is 6.58 Å². The molecular formula is C25H30N2O6. The number of carbonyl (C=O) groups excluding carboxylic acids is 1. The second-order valence-corrected chi connectivity index (χ2v) is 7.55. The molecule has 1 aliphatic heterocycles. The van der Waals surface area contributed by atoms with Gasteiger partial charge in [0, 0.05) is 31.6 Å². The van der Waals surface area contributed by atoms with E-state index in [-0.39, 0.29) is 19.1 Å². The summed E-state index contributed by atoms with van der Waals surface area (Å²) in [5.41, 5.74) is 0.544. The number of hydrogen-bond donors (Lipinski definition) is 2. The van der Waals surface area contributed by atoms with Crippen molar-refractivity contribution >= 4 is 11.8 Å². The molecule has 1 amide bonds. The quantitative estimate of drug-likeness (QED) is 0.378. The Hall–Kier alpha value is -3.52. The van der Waals surface area contributed by atoms with Crippen LogP contribution >= 0.6 is 0 Å². The molecule has 0 radical (unpaired) electrons. The van der Waals surface area contributed by atoms with Crippen molar-refractivity contribution in [1.82, 2.24) is 5.32 Å². The van der Waals surface area contributed by atoms with Crippen molar-refractivity contribution < 1.29 is 28.8 Å². The normalized spacial score (nSPS) is 17.0. The van der Waals surface area contributed by atoms with Crippen LogP contribution in [0.5, 0.6) is 17.2 Å². The number of aliphatic hydroxyl groups is 1. The van der Waals surface area contributed by atoms with E-state index in [1.165, 1.54) is 0 Å². The highest BCUT2D eigenvalue weighted by atomic mass is 16.5. The number of amides is 1. The maximum absolute atomic E-state index is 13.1. The molecule has 1 atom stereocenters. The van der Waals surface area contributed by atoms with Gasteiger partial charge < -0.3 is 29.4 Å². The van der Waals surface area contributed by atoms with Crippen LogP contribution in [0.2, 0.25) is 0 Å². The summed E-state index contributed by atoms with van der Waals surface area (Å²) in [5, 5.41) is 11.8. The molecular weight excluding hydrogens is 424 g/mol. The first-order valence-electron chi connectivity index (χ1n) is 10.7. The van der Waals surface area contributed by atoms with Gasteiger partial charge in [-0.25, -0.2) is 4.99 Å². The molecule has 1 aliphatic rings.